The number of amides is 2. The van der Waals surface area contributed by atoms with Crippen LogP contribution in [-0.2, 0) is 16.1 Å². The second-order valence-corrected chi connectivity index (χ2v) is 4.16. The SMILES string of the molecule is CCNc1cccc(CN2CC(=O)NC(=O)C2)n1. The summed E-state index contributed by atoms with van der Waals surface area (Å²) in [5.74, 6) is 0.297. The van der Waals surface area contributed by atoms with Gasteiger partial charge in [0, 0.05) is 13.1 Å². The predicted molar refractivity (Wildman–Crippen MR) is 66.8 cm³/mol. The molecule has 6 nitrogen and oxygen atoms in total. The number of nitrogens with zero attached hydrogens (tertiary/aromatic N) is 2. The molecular weight excluding hydrogens is 232 g/mol. The maximum Gasteiger partial charge on any atom is 0.240 e. The number of carbonyl (C=O) groups is 2. The highest BCUT2D eigenvalue weighted by Gasteiger charge is 2.22. The molecule has 0 unspecified atom stereocenters. The van der Waals surface area contributed by atoms with E-state index in [1.807, 2.05) is 25.1 Å². The van der Waals surface area contributed by atoms with Crippen LogP contribution < -0.4 is 10.6 Å². The van der Waals surface area contributed by atoms with Crippen LogP contribution in [0.1, 0.15) is 12.6 Å². The Bertz CT molecular complexity index is 445. The van der Waals surface area contributed by atoms with E-state index in [9.17, 15) is 9.59 Å². The highest BCUT2D eigenvalue weighted by molar-refractivity contribution is 5.99. The Balaban J connectivity index is 2.02. The van der Waals surface area contributed by atoms with Crippen molar-refractivity contribution in [2.45, 2.75) is 13.5 Å². The van der Waals surface area contributed by atoms with Crippen LogP contribution in [0.15, 0.2) is 18.2 Å². The molecule has 1 fully saturated rings. The molecule has 2 heterocycles. The first-order valence-electron chi connectivity index (χ1n) is 5.92. The number of rotatable bonds is 4. The largest absolute Gasteiger partial charge is 0.370 e. The third-order valence-corrected chi connectivity index (χ3v) is 2.56. The molecule has 18 heavy (non-hydrogen) atoms. The molecule has 1 aromatic heterocycles. The van der Waals surface area contributed by atoms with Gasteiger partial charge in [0.25, 0.3) is 0 Å². The lowest BCUT2D eigenvalue weighted by atomic mass is 10.3. The fraction of sp³-hybridized carbons (Fsp3) is 0.417. The lowest BCUT2D eigenvalue weighted by molar-refractivity contribution is -0.136. The van der Waals surface area contributed by atoms with Gasteiger partial charge in [-0.2, -0.15) is 0 Å². The number of pyridine rings is 1. The van der Waals surface area contributed by atoms with Gasteiger partial charge >= 0.3 is 0 Å². The summed E-state index contributed by atoms with van der Waals surface area (Å²) >= 11 is 0. The second-order valence-electron chi connectivity index (χ2n) is 4.16. The molecule has 0 spiro atoms. The van der Waals surface area contributed by atoms with Crippen molar-refractivity contribution in [3.05, 3.63) is 23.9 Å². The van der Waals surface area contributed by atoms with E-state index in [1.165, 1.54) is 0 Å². The Kier molecular flexibility index (Phi) is 3.88. The zero-order valence-corrected chi connectivity index (χ0v) is 10.3. The standard InChI is InChI=1S/C12H16N4O2/c1-2-13-10-5-3-4-9(14-10)6-16-7-11(17)15-12(18)8-16/h3-5H,2,6-8H2,1H3,(H,13,14)(H,15,17,18). The van der Waals surface area contributed by atoms with Gasteiger partial charge in [0.05, 0.1) is 18.8 Å². The molecule has 0 saturated carbocycles. The summed E-state index contributed by atoms with van der Waals surface area (Å²) in [4.78, 5) is 28.7. The van der Waals surface area contributed by atoms with Gasteiger partial charge in [-0.25, -0.2) is 4.98 Å². The van der Waals surface area contributed by atoms with Gasteiger partial charge in [-0.3, -0.25) is 19.8 Å². The third-order valence-electron chi connectivity index (χ3n) is 2.56. The Morgan fingerprint density at radius 1 is 1.33 bits per heavy atom. The van der Waals surface area contributed by atoms with E-state index < -0.39 is 0 Å². The Hall–Kier alpha value is -1.95. The highest BCUT2D eigenvalue weighted by atomic mass is 16.2. The van der Waals surface area contributed by atoms with Gasteiger partial charge in [0.1, 0.15) is 5.82 Å². The average Bonchev–Trinajstić information content (AvgIpc) is 2.28. The highest BCUT2D eigenvalue weighted by Crippen LogP contribution is 2.08. The molecule has 0 bridgehead atoms. The number of hydrogen-bond acceptors (Lipinski definition) is 5. The van der Waals surface area contributed by atoms with Crippen LogP contribution in [0.2, 0.25) is 0 Å². The van der Waals surface area contributed by atoms with Crippen LogP contribution in [0.3, 0.4) is 0 Å². The van der Waals surface area contributed by atoms with Crippen LogP contribution in [0, 0.1) is 0 Å². The molecule has 1 aliphatic heterocycles. The summed E-state index contributed by atoms with van der Waals surface area (Å²) < 4.78 is 0. The van der Waals surface area contributed by atoms with Crippen molar-refractivity contribution in [1.29, 1.82) is 0 Å². The minimum absolute atomic E-state index is 0.235. The Morgan fingerprint density at radius 3 is 2.72 bits per heavy atom. The van der Waals surface area contributed by atoms with E-state index in [1.54, 1.807) is 4.90 Å². The smallest absolute Gasteiger partial charge is 0.240 e. The van der Waals surface area contributed by atoms with E-state index in [4.69, 9.17) is 0 Å². The van der Waals surface area contributed by atoms with Crippen LogP contribution in [0.25, 0.3) is 0 Å². The summed E-state index contributed by atoms with van der Waals surface area (Å²) in [7, 11) is 0. The topological polar surface area (TPSA) is 74.3 Å². The molecule has 6 heteroatoms. The van der Waals surface area contributed by atoms with Crippen LogP contribution in [-0.4, -0.2) is 41.3 Å². The quantitative estimate of drug-likeness (QED) is 0.732. The van der Waals surface area contributed by atoms with Crippen molar-refractivity contribution in [3.8, 4) is 0 Å². The summed E-state index contributed by atoms with van der Waals surface area (Å²) in [5, 5.41) is 5.40. The van der Waals surface area contributed by atoms with Crippen LogP contribution >= 0.6 is 0 Å². The molecule has 2 N–H and O–H groups in total. The third kappa shape index (κ3) is 3.27. The molecule has 0 atom stereocenters. The summed E-state index contributed by atoms with van der Waals surface area (Å²) in [6, 6.07) is 5.69. The number of imide groups is 1. The summed E-state index contributed by atoms with van der Waals surface area (Å²) in [6.45, 7) is 3.78. The predicted octanol–water partition coefficient (Wildman–Crippen LogP) is -0.0282. The molecule has 1 aliphatic rings. The maximum atomic E-state index is 11.2. The number of hydrogen-bond donors (Lipinski definition) is 2. The minimum Gasteiger partial charge on any atom is -0.370 e. The molecule has 2 rings (SSSR count). The van der Waals surface area contributed by atoms with E-state index in [-0.39, 0.29) is 24.9 Å². The van der Waals surface area contributed by atoms with Crippen LogP contribution in [0.5, 0.6) is 0 Å². The van der Waals surface area contributed by atoms with Gasteiger partial charge < -0.3 is 5.32 Å². The maximum absolute atomic E-state index is 11.2. The molecule has 0 aromatic carbocycles. The van der Waals surface area contributed by atoms with Gasteiger partial charge in [-0.1, -0.05) is 6.07 Å². The molecular formula is C12H16N4O2. The van der Waals surface area contributed by atoms with Crippen molar-refractivity contribution >= 4 is 17.6 Å². The molecule has 0 radical (unpaired) electrons. The molecule has 0 aliphatic carbocycles. The molecule has 2 amide bonds. The summed E-state index contributed by atoms with van der Waals surface area (Å²) in [5.41, 5.74) is 0.843. The number of nitrogens with one attached hydrogen (secondary N) is 2. The van der Waals surface area contributed by atoms with E-state index in [0.717, 1.165) is 18.1 Å². The molecule has 1 saturated heterocycles. The van der Waals surface area contributed by atoms with Crippen molar-refractivity contribution in [3.63, 3.8) is 0 Å². The normalized spacial score (nSPS) is 16.5. The first-order chi connectivity index (χ1) is 8.67. The number of anilines is 1. The van der Waals surface area contributed by atoms with E-state index >= 15 is 0 Å². The van der Waals surface area contributed by atoms with Crippen molar-refractivity contribution in [1.82, 2.24) is 15.2 Å². The van der Waals surface area contributed by atoms with Gasteiger partial charge in [-0.05, 0) is 19.1 Å². The average molecular weight is 248 g/mol. The van der Waals surface area contributed by atoms with Crippen molar-refractivity contribution < 1.29 is 9.59 Å². The second kappa shape index (κ2) is 5.59. The number of carbonyl (C=O) groups excluding carboxylic acids is 2. The monoisotopic (exact) mass is 248 g/mol. The van der Waals surface area contributed by atoms with Crippen molar-refractivity contribution in [2.75, 3.05) is 25.0 Å². The minimum atomic E-state index is -0.255. The van der Waals surface area contributed by atoms with Gasteiger partial charge in [0.2, 0.25) is 11.8 Å². The number of aromatic nitrogens is 1. The van der Waals surface area contributed by atoms with Gasteiger partial charge in [0.15, 0.2) is 0 Å². The van der Waals surface area contributed by atoms with Gasteiger partial charge in [-0.15, -0.1) is 0 Å². The fourth-order valence-corrected chi connectivity index (χ4v) is 1.88. The zero-order chi connectivity index (χ0) is 13.0. The zero-order valence-electron chi connectivity index (χ0n) is 10.3. The van der Waals surface area contributed by atoms with E-state index in [2.05, 4.69) is 15.6 Å². The van der Waals surface area contributed by atoms with Crippen molar-refractivity contribution in [2.24, 2.45) is 0 Å². The molecule has 1 aromatic rings. The first-order valence-corrected chi connectivity index (χ1v) is 5.92. The lowest BCUT2D eigenvalue weighted by Gasteiger charge is -2.24. The number of piperazine rings is 1. The Labute approximate surface area is 105 Å². The Morgan fingerprint density at radius 2 is 2.06 bits per heavy atom. The fourth-order valence-electron chi connectivity index (χ4n) is 1.88. The molecule has 96 valence electrons. The lowest BCUT2D eigenvalue weighted by Crippen LogP contribution is -2.50. The first kappa shape index (κ1) is 12.5. The summed E-state index contributed by atoms with van der Waals surface area (Å²) in [6.07, 6.45) is 0. The van der Waals surface area contributed by atoms with E-state index in [0.29, 0.717) is 6.54 Å². The van der Waals surface area contributed by atoms with Crippen LogP contribution in [0.4, 0.5) is 5.82 Å².